The molecule has 1 atom stereocenters. The van der Waals surface area contributed by atoms with Gasteiger partial charge in [0, 0.05) is 30.3 Å². The maximum atomic E-state index is 9.94. The fourth-order valence-electron chi connectivity index (χ4n) is 3.14. The number of nitrogens with zero attached hydrogens (tertiary/aromatic N) is 7. The Labute approximate surface area is 162 Å². The van der Waals surface area contributed by atoms with E-state index < -0.39 is 0 Å². The minimum Gasteiger partial charge on any atom is -0.391 e. The molecule has 8 nitrogen and oxygen atoms in total. The number of aliphatic hydroxyl groups excluding tert-OH is 1. The summed E-state index contributed by atoms with van der Waals surface area (Å²) in [4.78, 5) is 15.7. The molecule has 27 heavy (non-hydrogen) atoms. The number of anilines is 1. The topological polar surface area (TPSA) is 92.8 Å². The summed E-state index contributed by atoms with van der Waals surface area (Å²) < 4.78 is 1.73. The summed E-state index contributed by atoms with van der Waals surface area (Å²) in [7, 11) is 0. The summed E-state index contributed by atoms with van der Waals surface area (Å²) in [5.74, 6) is 1.44. The van der Waals surface area contributed by atoms with Gasteiger partial charge in [-0.3, -0.25) is 0 Å². The van der Waals surface area contributed by atoms with Crippen molar-refractivity contribution < 1.29 is 5.11 Å². The number of hydrogen-bond acceptors (Lipinski definition) is 7. The molecule has 0 saturated carbocycles. The van der Waals surface area contributed by atoms with Gasteiger partial charge in [0.05, 0.1) is 12.6 Å². The summed E-state index contributed by atoms with van der Waals surface area (Å²) in [6.07, 6.45) is 2.02. The number of hydrogen-bond donors (Lipinski definition) is 1. The van der Waals surface area contributed by atoms with E-state index in [-0.39, 0.29) is 11.5 Å². The van der Waals surface area contributed by atoms with Crippen LogP contribution < -0.4 is 4.90 Å². The van der Waals surface area contributed by atoms with Gasteiger partial charge in [-0.1, -0.05) is 43.7 Å². The van der Waals surface area contributed by atoms with E-state index in [1.165, 1.54) is 0 Å². The molecule has 0 unspecified atom stereocenters. The number of rotatable bonds is 3. The minimum absolute atomic E-state index is 0.234. The summed E-state index contributed by atoms with van der Waals surface area (Å²) >= 11 is 6.21. The van der Waals surface area contributed by atoms with E-state index in [9.17, 15) is 5.11 Å². The standard InChI is InChI=1S/C18H22ClN7O/c1-18(2,3)17-21-15(25-8-6-12(27)10-25)13-16(22-17)26(24-23-13)9-11-5-4-7-20-14(11)19/h4-5,7,12,27H,6,8-10H2,1-3H3/t12-/m0/s1. The fourth-order valence-corrected chi connectivity index (χ4v) is 3.32. The molecule has 3 aromatic heterocycles. The Morgan fingerprint density at radius 1 is 1.30 bits per heavy atom. The molecule has 1 saturated heterocycles. The summed E-state index contributed by atoms with van der Waals surface area (Å²) in [6, 6.07) is 3.75. The molecule has 1 aliphatic heterocycles. The highest BCUT2D eigenvalue weighted by atomic mass is 35.5. The Bertz CT molecular complexity index is 981. The average Bonchev–Trinajstić information content (AvgIpc) is 3.22. The minimum atomic E-state index is -0.350. The Kier molecular flexibility index (Phi) is 4.47. The van der Waals surface area contributed by atoms with E-state index in [4.69, 9.17) is 21.6 Å². The Hall–Kier alpha value is -2.32. The third-order valence-corrected chi connectivity index (χ3v) is 4.97. The molecule has 4 heterocycles. The van der Waals surface area contributed by atoms with Crippen LogP contribution in [0.3, 0.4) is 0 Å². The molecule has 9 heteroatoms. The van der Waals surface area contributed by atoms with Gasteiger partial charge in [0.2, 0.25) is 0 Å². The number of aromatic nitrogens is 6. The quantitative estimate of drug-likeness (QED) is 0.688. The van der Waals surface area contributed by atoms with Crippen LogP contribution in [0.2, 0.25) is 5.15 Å². The van der Waals surface area contributed by atoms with Crippen LogP contribution in [0.1, 0.15) is 38.6 Å². The van der Waals surface area contributed by atoms with Crippen molar-refractivity contribution in [1.82, 2.24) is 29.9 Å². The van der Waals surface area contributed by atoms with Gasteiger partial charge >= 0.3 is 0 Å². The SMILES string of the molecule is CC(C)(C)c1nc(N2CC[C@H](O)C2)c2nnn(Cc3cccnc3Cl)c2n1. The second-order valence-corrected chi connectivity index (χ2v) is 8.24. The van der Waals surface area contributed by atoms with Crippen LogP contribution in [-0.2, 0) is 12.0 Å². The molecule has 0 radical (unpaired) electrons. The number of aliphatic hydroxyl groups is 1. The van der Waals surface area contributed by atoms with Gasteiger partial charge in [-0.15, -0.1) is 5.10 Å². The van der Waals surface area contributed by atoms with Gasteiger partial charge in [0.1, 0.15) is 11.0 Å². The van der Waals surface area contributed by atoms with E-state index in [1.54, 1.807) is 10.9 Å². The molecule has 0 bridgehead atoms. The molecule has 1 fully saturated rings. The van der Waals surface area contributed by atoms with Crippen molar-refractivity contribution in [3.63, 3.8) is 0 Å². The summed E-state index contributed by atoms with van der Waals surface area (Å²) in [5.41, 5.74) is 1.91. The summed E-state index contributed by atoms with van der Waals surface area (Å²) in [6.45, 7) is 7.91. The van der Waals surface area contributed by atoms with E-state index in [2.05, 4.69) is 41.0 Å². The van der Waals surface area contributed by atoms with Gasteiger partial charge in [0.25, 0.3) is 0 Å². The molecule has 1 N–H and O–H groups in total. The smallest absolute Gasteiger partial charge is 0.184 e. The maximum Gasteiger partial charge on any atom is 0.184 e. The molecule has 1 aliphatic rings. The highest BCUT2D eigenvalue weighted by Crippen LogP contribution is 2.29. The van der Waals surface area contributed by atoms with Crippen LogP contribution in [0.25, 0.3) is 11.2 Å². The second-order valence-electron chi connectivity index (χ2n) is 7.88. The van der Waals surface area contributed by atoms with Crippen molar-refractivity contribution in [2.45, 2.75) is 45.3 Å². The lowest BCUT2D eigenvalue weighted by atomic mass is 9.96. The number of β-amino-alcohol motifs (C(OH)–C–C–N with tert-alkyl or cyclic N) is 1. The van der Waals surface area contributed by atoms with E-state index >= 15 is 0 Å². The van der Waals surface area contributed by atoms with Crippen LogP contribution in [0.15, 0.2) is 18.3 Å². The zero-order valence-corrected chi connectivity index (χ0v) is 16.3. The predicted octanol–water partition coefficient (Wildman–Crippen LogP) is 2.19. The van der Waals surface area contributed by atoms with Crippen molar-refractivity contribution in [2.24, 2.45) is 0 Å². The molecule has 0 spiro atoms. The number of fused-ring (bicyclic) bond motifs is 1. The molecule has 0 aliphatic carbocycles. The highest BCUT2D eigenvalue weighted by molar-refractivity contribution is 6.30. The second kappa shape index (κ2) is 6.69. The van der Waals surface area contributed by atoms with Crippen LogP contribution in [-0.4, -0.2) is 54.2 Å². The predicted molar refractivity (Wildman–Crippen MR) is 103 cm³/mol. The van der Waals surface area contributed by atoms with Crippen molar-refractivity contribution in [1.29, 1.82) is 0 Å². The largest absolute Gasteiger partial charge is 0.391 e. The third kappa shape index (κ3) is 3.46. The molecular formula is C18H22ClN7O. The van der Waals surface area contributed by atoms with Crippen LogP contribution in [0, 0.1) is 0 Å². The van der Waals surface area contributed by atoms with Gasteiger partial charge in [-0.2, -0.15) is 0 Å². The molecule has 0 aromatic carbocycles. The third-order valence-electron chi connectivity index (χ3n) is 4.63. The molecule has 3 aromatic rings. The zero-order valence-electron chi connectivity index (χ0n) is 15.6. The van der Waals surface area contributed by atoms with E-state index in [1.807, 2.05) is 12.1 Å². The van der Waals surface area contributed by atoms with Crippen LogP contribution in [0.5, 0.6) is 0 Å². The number of halogens is 1. The van der Waals surface area contributed by atoms with Gasteiger partial charge in [-0.25, -0.2) is 19.6 Å². The first-order valence-electron chi connectivity index (χ1n) is 8.97. The average molecular weight is 388 g/mol. The Morgan fingerprint density at radius 3 is 2.78 bits per heavy atom. The lowest BCUT2D eigenvalue weighted by molar-refractivity contribution is 0.198. The zero-order chi connectivity index (χ0) is 19.2. The van der Waals surface area contributed by atoms with Gasteiger partial charge in [0.15, 0.2) is 17.0 Å². The Balaban J connectivity index is 1.84. The molecule has 0 amide bonds. The van der Waals surface area contributed by atoms with Crippen molar-refractivity contribution in [3.05, 3.63) is 34.9 Å². The highest BCUT2D eigenvalue weighted by Gasteiger charge is 2.28. The van der Waals surface area contributed by atoms with E-state index in [0.717, 1.165) is 24.3 Å². The first-order valence-corrected chi connectivity index (χ1v) is 9.35. The first-order chi connectivity index (χ1) is 12.8. The first kappa shape index (κ1) is 18.1. The van der Waals surface area contributed by atoms with Crippen molar-refractivity contribution in [2.75, 3.05) is 18.0 Å². The maximum absolute atomic E-state index is 9.94. The van der Waals surface area contributed by atoms with Crippen molar-refractivity contribution >= 4 is 28.6 Å². The van der Waals surface area contributed by atoms with Gasteiger partial charge < -0.3 is 10.0 Å². The normalized spacial score (nSPS) is 17.8. The Morgan fingerprint density at radius 2 is 2.11 bits per heavy atom. The lowest BCUT2D eigenvalue weighted by Crippen LogP contribution is -2.25. The fraction of sp³-hybridized carbons (Fsp3) is 0.500. The van der Waals surface area contributed by atoms with Crippen LogP contribution >= 0.6 is 11.6 Å². The summed E-state index contributed by atoms with van der Waals surface area (Å²) in [5, 5.41) is 19.0. The molecular weight excluding hydrogens is 366 g/mol. The molecule has 142 valence electrons. The lowest BCUT2D eigenvalue weighted by Gasteiger charge is -2.21. The van der Waals surface area contributed by atoms with Gasteiger partial charge in [-0.05, 0) is 12.5 Å². The van der Waals surface area contributed by atoms with Crippen molar-refractivity contribution in [3.8, 4) is 0 Å². The monoisotopic (exact) mass is 387 g/mol. The number of pyridine rings is 1. The van der Waals surface area contributed by atoms with E-state index in [0.29, 0.717) is 35.2 Å². The van der Waals surface area contributed by atoms with Crippen LogP contribution in [0.4, 0.5) is 5.82 Å². The molecule has 4 rings (SSSR count).